The number of nitrogens with one attached hydrogen (secondary N) is 2. The van der Waals surface area contributed by atoms with Gasteiger partial charge in [0.1, 0.15) is 23.4 Å². The minimum atomic E-state index is -1.06. The van der Waals surface area contributed by atoms with Crippen molar-refractivity contribution >= 4 is 29.7 Å². The monoisotopic (exact) mass is 537 g/mol. The molecule has 1 aromatic carbocycles. The van der Waals surface area contributed by atoms with Gasteiger partial charge in [0.2, 0.25) is 11.8 Å². The Hall–Kier alpha value is -2.42. The van der Waals surface area contributed by atoms with E-state index in [1.165, 1.54) is 11.0 Å². The lowest BCUT2D eigenvalue weighted by Crippen LogP contribution is -2.55. The predicted octanol–water partition coefficient (Wildman–Crippen LogP) is 5.40. The molecule has 3 N–H and O–H groups in total. The second kappa shape index (κ2) is 15.1. The first-order valence-electron chi connectivity index (χ1n) is 13.1. The van der Waals surface area contributed by atoms with Crippen molar-refractivity contribution in [2.24, 2.45) is 0 Å². The number of nitrogens with zero attached hydrogens (tertiary/aromatic N) is 1. The molecule has 37 heavy (non-hydrogen) atoms. The fourth-order valence-electron chi connectivity index (χ4n) is 3.83. The maximum Gasteiger partial charge on any atom is 0.408 e. The van der Waals surface area contributed by atoms with Crippen LogP contribution in [0.1, 0.15) is 92.2 Å². The normalized spacial score (nSPS) is 13.4. The Morgan fingerprint density at radius 3 is 2.24 bits per heavy atom. The van der Waals surface area contributed by atoms with Crippen LogP contribution < -0.4 is 10.6 Å². The van der Waals surface area contributed by atoms with Crippen molar-refractivity contribution in [3.05, 3.63) is 29.8 Å². The first-order valence-corrected chi connectivity index (χ1v) is 14.5. The van der Waals surface area contributed by atoms with Gasteiger partial charge in [-0.3, -0.25) is 9.59 Å². The molecule has 0 saturated heterocycles. The zero-order valence-corrected chi connectivity index (χ0v) is 24.7. The summed E-state index contributed by atoms with van der Waals surface area (Å²) < 4.78 is 5.42. The van der Waals surface area contributed by atoms with Crippen LogP contribution in [0.15, 0.2) is 24.3 Å². The number of carbonyl (C=O) groups excluding carboxylic acids is 3. The number of para-hydroxylation sites is 1. The number of ether oxygens (including phenoxy) is 1. The zero-order valence-electron chi connectivity index (χ0n) is 23.8. The molecule has 1 aromatic rings. The molecule has 9 heteroatoms. The van der Waals surface area contributed by atoms with E-state index in [-0.39, 0.29) is 11.7 Å². The highest BCUT2D eigenvalue weighted by molar-refractivity contribution is 7.98. The molecule has 210 valence electrons. The van der Waals surface area contributed by atoms with Gasteiger partial charge in [-0.25, -0.2) is 4.79 Å². The summed E-state index contributed by atoms with van der Waals surface area (Å²) in [5, 5.41) is 16.4. The summed E-state index contributed by atoms with van der Waals surface area (Å²) in [5.41, 5.74) is -0.931. The molecule has 0 spiro atoms. The number of phenolic OH excluding ortho intramolecular Hbond substituents is 1. The van der Waals surface area contributed by atoms with E-state index in [0.29, 0.717) is 30.7 Å². The Balaban J connectivity index is 3.50. The van der Waals surface area contributed by atoms with Crippen LogP contribution in [0.2, 0.25) is 0 Å². The molecule has 0 aromatic heterocycles. The predicted molar refractivity (Wildman–Crippen MR) is 151 cm³/mol. The number of amides is 3. The number of hydrogen-bond acceptors (Lipinski definition) is 6. The maximum absolute atomic E-state index is 14.1. The van der Waals surface area contributed by atoms with Gasteiger partial charge in [0.05, 0.1) is 0 Å². The Labute approximate surface area is 227 Å². The Morgan fingerprint density at radius 2 is 1.70 bits per heavy atom. The fraction of sp³-hybridized carbons (Fsp3) is 0.679. The summed E-state index contributed by atoms with van der Waals surface area (Å²) in [7, 11) is 0. The van der Waals surface area contributed by atoms with E-state index < -0.39 is 35.2 Å². The number of rotatable bonds is 13. The Kier molecular flexibility index (Phi) is 13.3. The first kappa shape index (κ1) is 32.6. The zero-order chi connectivity index (χ0) is 28.2. The van der Waals surface area contributed by atoms with Crippen molar-refractivity contribution in [3.8, 4) is 5.75 Å². The van der Waals surface area contributed by atoms with Crippen LogP contribution in [-0.2, 0) is 14.3 Å². The summed E-state index contributed by atoms with van der Waals surface area (Å²) in [4.78, 5) is 41.9. The highest BCUT2D eigenvalue weighted by Crippen LogP contribution is 2.31. The quantitative estimate of drug-likeness (QED) is 0.291. The standard InChI is InChI=1S/C28H47N3O5S/c1-9-10-11-14-18-31(25(34)21(17-19-37-8)29-26(35)36-28(5,6)7)23(24(33)30-27(2,3)4)20-15-12-13-16-22(20)32/h12-13,15-16,21,23,32H,9-11,14,17-19H2,1-8H3,(H,29,35)(H,30,33). The Morgan fingerprint density at radius 1 is 1.05 bits per heavy atom. The third-order valence-corrected chi connectivity index (χ3v) is 6.07. The van der Waals surface area contributed by atoms with Crippen LogP contribution in [0.25, 0.3) is 0 Å². The molecule has 0 saturated carbocycles. The second-order valence-electron chi connectivity index (χ2n) is 11.3. The number of aromatic hydroxyl groups is 1. The van der Waals surface area contributed by atoms with Gasteiger partial charge in [0.25, 0.3) is 0 Å². The van der Waals surface area contributed by atoms with E-state index in [4.69, 9.17) is 4.74 Å². The van der Waals surface area contributed by atoms with Crippen LogP contribution >= 0.6 is 11.8 Å². The highest BCUT2D eigenvalue weighted by Gasteiger charge is 2.38. The first-order chi connectivity index (χ1) is 17.2. The van der Waals surface area contributed by atoms with Gasteiger partial charge in [-0.05, 0) is 72.5 Å². The molecule has 0 bridgehead atoms. The highest BCUT2D eigenvalue weighted by atomic mass is 32.2. The third-order valence-electron chi connectivity index (χ3n) is 5.42. The number of unbranched alkanes of at least 4 members (excludes halogenated alkanes) is 3. The van der Waals surface area contributed by atoms with Crippen LogP contribution in [0, 0.1) is 0 Å². The lowest BCUT2D eigenvalue weighted by molar-refractivity contribution is -0.143. The molecule has 8 nitrogen and oxygen atoms in total. The van der Waals surface area contributed by atoms with Crippen LogP contribution in [-0.4, -0.2) is 63.6 Å². The summed E-state index contributed by atoms with van der Waals surface area (Å²) >= 11 is 1.56. The van der Waals surface area contributed by atoms with Gasteiger partial charge in [0.15, 0.2) is 0 Å². The molecule has 2 unspecified atom stereocenters. The van der Waals surface area contributed by atoms with E-state index in [0.717, 1.165) is 19.3 Å². The Bertz CT molecular complexity index is 879. The summed E-state index contributed by atoms with van der Waals surface area (Å²) in [6, 6.07) is 4.63. The summed E-state index contributed by atoms with van der Waals surface area (Å²) in [6.45, 7) is 13.3. The van der Waals surface area contributed by atoms with Crippen LogP contribution in [0.5, 0.6) is 5.75 Å². The van der Waals surface area contributed by atoms with E-state index in [2.05, 4.69) is 17.6 Å². The van der Waals surface area contributed by atoms with Gasteiger partial charge in [-0.2, -0.15) is 11.8 Å². The molecule has 0 heterocycles. The SMILES string of the molecule is CCCCCCN(C(=O)C(CCSC)NC(=O)OC(C)(C)C)C(C(=O)NC(C)(C)C)c1ccccc1O. The number of phenols is 1. The van der Waals surface area contributed by atoms with Crippen molar-refractivity contribution < 1.29 is 24.2 Å². The minimum absolute atomic E-state index is 0.0660. The van der Waals surface area contributed by atoms with Crippen molar-refractivity contribution in [2.45, 2.75) is 104 Å². The average molecular weight is 538 g/mol. The van der Waals surface area contributed by atoms with Gasteiger partial charge < -0.3 is 25.4 Å². The summed E-state index contributed by atoms with van der Waals surface area (Å²) in [5.74, 6) is -0.207. The number of hydrogen-bond donors (Lipinski definition) is 3. The molecule has 0 aliphatic rings. The minimum Gasteiger partial charge on any atom is -0.508 e. The lowest BCUT2D eigenvalue weighted by Gasteiger charge is -2.36. The van der Waals surface area contributed by atoms with E-state index in [1.807, 2.05) is 27.0 Å². The van der Waals surface area contributed by atoms with Crippen molar-refractivity contribution in [1.82, 2.24) is 15.5 Å². The third kappa shape index (κ3) is 12.1. The molecule has 0 radical (unpaired) electrons. The van der Waals surface area contributed by atoms with Crippen LogP contribution in [0.4, 0.5) is 4.79 Å². The largest absolute Gasteiger partial charge is 0.508 e. The van der Waals surface area contributed by atoms with Crippen LogP contribution in [0.3, 0.4) is 0 Å². The van der Waals surface area contributed by atoms with Crippen molar-refractivity contribution in [3.63, 3.8) is 0 Å². The van der Waals surface area contributed by atoms with Crippen molar-refractivity contribution in [2.75, 3.05) is 18.6 Å². The van der Waals surface area contributed by atoms with Gasteiger partial charge >= 0.3 is 6.09 Å². The molecule has 2 atom stereocenters. The molecule has 0 aliphatic carbocycles. The van der Waals surface area contributed by atoms with Gasteiger partial charge in [-0.1, -0.05) is 44.4 Å². The number of benzene rings is 1. The number of alkyl carbamates (subject to hydrolysis) is 1. The molecular weight excluding hydrogens is 490 g/mol. The lowest BCUT2D eigenvalue weighted by atomic mass is 9.99. The maximum atomic E-state index is 14.1. The molecule has 3 amide bonds. The van der Waals surface area contributed by atoms with E-state index in [9.17, 15) is 19.5 Å². The second-order valence-corrected chi connectivity index (χ2v) is 12.3. The van der Waals surface area contributed by atoms with Gasteiger partial charge in [0, 0.05) is 17.6 Å². The molecular formula is C28H47N3O5S. The number of carbonyl (C=O) groups is 3. The average Bonchev–Trinajstić information content (AvgIpc) is 2.76. The fourth-order valence-corrected chi connectivity index (χ4v) is 4.30. The molecule has 0 fully saturated rings. The van der Waals surface area contributed by atoms with Gasteiger partial charge in [-0.15, -0.1) is 0 Å². The topological polar surface area (TPSA) is 108 Å². The van der Waals surface area contributed by atoms with E-state index >= 15 is 0 Å². The van der Waals surface area contributed by atoms with Crippen molar-refractivity contribution in [1.29, 1.82) is 0 Å². The molecule has 1 rings (SSSR count). The van der Waals surface area contributed by atoms with E-state index in [1.54, 1.807) is 50.7 Å². The smallest absolute Gasteiger partial charge is 0.408 e. The molecule has 0 aliphatic heterocycles. The summed E-state index contributed by atoms with van der Waals surface area (Å²) in [6.07, 6.45) is 5.23. The number of thioether (sulfide) groups is 1.